The van der Waals surface area contributed by atoms with Gasteiger partial charge in [-0.05, 0) is 32.4 Å². The minimum Gasteiger partial charge on any atom is -0.358 e. The van der Waals surface area contributed by atoms with Crippen molar-refractivity contribution in [2.45, 2.75) is 39.0 Å². The van der Waals surface area contributed by atoms with Crippen molar-refractivity contribution in [1.82, 2.24) is 15.6 Å². The summed E-state index contributed by atoms with van der Waals surface area (Å²) >= 11 is 0. The van der Waals surface area contributed by atoms with Gasteiger partial charge in [-0.2, -0.15) is 0 Å². The number of amides is 2. The Labute approximate surface area is 109 Å². The van der Waals surface area contributed by atoms with Gasteiger partial charge in [-0.1, -0.05) is 13.3 Å². The highest BCUT2D eigenvalue weighted by atomic mass is 16.2. The SMILES string of the molecule is CCCN(CCCCCC(=O)NN)CC(=O)NC. The predicted octanol–water partition coefficient (Wildman–Crippen LogP) is -0.00530. The van der Waals surface area contributed by atoms with E-state index in [0.717, 1.165) is 38.8 Å². The minimum atomic E-state index is -0.120. The monoisotopic (exact) mass is 258 g/mol. The van der Waals surface area contributed by atoms with Crippen LogP contribution in [0.15, 0.2) is 0 Å². The van der Waals surface area contributed by atoms with Crippen molar-refractivity contribution >= 4 is 11.8 Å². The molecule has 106 valence electrons. The average Bonchev–Trinajstić information content (AvgIpc) is 2.37. The van der Waals surface area contributed by atoms with Crippen LogP contribution in [-0.2, 0) is 9.59 Å². The molecule has 0 saturated carbocycles. The number of unbranched alkanes of at least 4 members (excludes halogenated alkanes) is 2. The maximum absolute atomic E-state index is 11.3. The van der Waals surface area contributed by atoms with Crippen molar-refractivity contribution in [3.05, 3.63) is 0 Å². The Morgan fingerprint density at radius 2 is 1.83 bits per heavy atom. The van der Waals surface area contributed by atoms with E-state index < -0.39 is 0 Å². The maximum Gasteiger partial charge on any atom is 0.233 e. The first-order valence-electron chi connectivity index (χ1n) is 6.56. The Bertz CT molecular complexity index is 246. The molecule has 0 heterocycles. The number of hydrogen-bond donors (Lipinski definition) is 3. The molecule has 0 bridgehead atoms. The smallest absolute Gasteiger partial charge is 0.233 e. The molecule has 2 amide bonds. The first-order chi connectivity index (χ1) is 8.63. The van der Waals surface area contributed by atoms with E-state index in [9.17, 15) is 9.59 Å². The Hall–Kier alpha value is -1.14. The van der Waals surface area contributed by atoms with Gasteiger partial charge in [-0.25, -0.2) is 5.84 Å². The third kappa shape index (κ3) is 8.95. The lowest BCUT2D eigenvalue weighted by Gasteiger charge is -2.20. The first-order valence-corrected chi connectivity index (χ1v) is 6.56. The molecule has 0 aliphatic carbocycles. The molecule has 0 unspecified atom stereocenters. The van der Waals surface area contributed by atoms with Crippen LogP contribution in [0.1, 0.15) is 39.0 Å². The zero-order chi connectivity index (χ0) is 13.8. The van der Waals surface area contributed by atoms with Crippen molar-refractivity contribution < 1.29 is 9.59 Å². The number of nitrogens with one attached hydrogen (secondary N) is 2. The van der Waals surface area contributed by atoms with Gasteiger partial charge in [-0.3, -0.25) is 19.9 Å². The summed E-state index contributed by atoms with van der Waals surface area (Å²) in [6.45, 7) is 4.37. The van der Waals surface area contributed by atoms with Crippen LogP contribution in [0.5, 0.6) is 0 Å². The highest BCUT2D eigenvalue weighted by Crippen LogP contribution is 2.02. The number of carbonyl (C=O) groups excluding carboxylic acids is 2. The Morgan fingerprint density at radius 1 is 1.11 bits per heavy atom. The molecule has 0 aliphatic heterocycles. The molecule has 0 radical (unpaired) electrons. The Balaban J connectivity index is 3.69. The van der Waals surface area contributed by atoms with Crippen LogP contribution >= 0.6 is 0 Å². The molecule has 0 saturated heterocycles. The maximum atomic E-state index is 11.3. The zero-order valence-electron chi connectivity index (χ0n) is 11.5. The standard InChI is InChI=1S/C12H26N4O2/c1-3-8-16(10-12(18)14-2)9-6-4-5-7-11(17)15-13/h3-10,13H2,1-2H3,(H,14,18)(H,15,17). The third-order valence-electron chi connectivity index (χ3n) is 2.73. The van der Waals surface area contributed by atoms with Crippen molar-refractivity contribution in [1.29, 1.82) is 0 Å². The second-order valence-corrected chi connectivity index (χ2v) is 4.33. The summed E-state index contributed by atoms with van der Waals surface area (Å²) in [5.74, 6) is 4.92. The van der Waals surface area contributed by atoms with Crippen LogP contribution < -0.4 is 16.6 Å². The van der Waals surface area contributed by atoms with Gasteiger partial charge in [-0.15, -0.1) is 0 Å². The summed E-state index contributed by atoms with van der Waals surface area (Å²) < 4.78 is 0. The molecule has 0 fully saturated rings. The lowest BCUT2D eigenvalue weighted by Crippen LogP contribution is -2.36. The molecule has 0 aromatic heterocycles. The number of rotatable bonds is 10. The fourth-order valence-corrected chi connectivity index (χ4v) is 1.74. The average molecular weight is 258 g/mol. The minimum absolute atomic E-state index is 0.0472. The first kappa shape index (κ1) is 16.9. The van der Waals surface area contributed by atoms with Crippen molar-refractivity contribution in [3.8, 4) is 0 Å². The van der Waals surface area contributed by atoms with Crippen LogP contribution in [0, 0.1) is 0 Å². The summed E-state index contributed by atoms with van der Waals surface area (Å²) in [6.07, 6.45) is 4.31. The number of carbonyl (C=O) groups is 2. The summed E-state index contributed by atoms with van der Waals surface area (Å²) in [5, 5.41) is 2.63. The fourth-order valence-electron chi connectivity index (χ4n) is 1.74. The largest absolute Gasteiger partial charge is 0.358 e. The molecular formula is C12H26N4O2. The van der Waals surface area contributed by atoms with E-state index in [0.29, 0.717) is 13.0 Å². The molecule has 18 heavy (non-hydrogen) atoms. The molecule has 6 nitrogen and oxygen atoms in total. The van der Waals surface area contributed by atoms with Crippen molar-refractivity contribution in [2.75, 3.05) is 26.7 Å². The summed E-state index contributed by atoms with van der Waals surface area (Å²) in [4.78, 5) is 24.3. The number of hydrazine groups is 1. The summed E-state index contributed by atoms with van der Waals surface area (Å²) in [5.41, 5.74) is 2.12. The number of hydrogen-bond acceptors (Lipinski definition) is 4. The van der Waals surface area contributed by atoms with Gasteiger partial charge in [0.1, 0.15) is 0 Å². The molecule has 0 aromatic carbocycles. The quantitative estimate of drug-likeness (QED) is 0.223. The molecule has 6 heteroatoms. The molecule has 0 rings (SSSR count). The van der Waals surface area contributed by atoms with Gasteiger partial charge in [0, 0.05) is 13.5 Å². The van der Waals surface area contributed by atoms with E-state index in [1.807, 2.05) is 0 Å². The van der Waals surface area contributed by atoms with Gasteiger partial charge in [0.25, 0.3) is 0 Å². The normalized spacial score (nSPS) is 10.4. The van der Waals surface area contributed by atoms with Crippen LogP contribution in [0.2, 0.25) is 0 Å². The predicted molar refractivity (Wildman–Crippen MR) is 71.6 cm³/mol. The fraction of sp³-hybridized carbons (Fsp3) is 0.833. The van der Waals surface area contributed by atoms with Crippen LogP contribution in [0.25, 0.3) is 0 Å². The molecular weight excluding hydrogens is 232 g/mol. The van der Waals surface area contributed by atoms with Gasteiger partial charge in [0.15, 0.2) is 0 Å². The summed E-state index contributed by atoms with van der Waals surface area (Å²) in [6, 6.07) is 0. The molecule has 4 N–H and O–H groups in total. The Morgan fingerprint density at radius 3 is 2.39 bits per heavy atom. The number of likely N-dealkylation sites (N-methyl/N-ethyl adjacent to an activating group) is 1. The second kappa shape index (κ2) is 11.0. The van der Waals surface area contributed by atoms with E-state index in [4.69, 9.17) is 5.84 Å². The van der Waals surface area contributed by atoms with Crippen LogP contribution in [0.4, 0.5) is 0 Å². The number of nitrogens with two attached hydrogens (primary N) is 1. The summed E-state index contributed by atoms with van der Waals surface area (Å²) in [7, 11) is 1.65. The molecule has 0 aliphatic rings. The van der Waals surface area contributed by atoms with E-state index in [-0.39, 0.29) is 11.8 Å². The lowest BCUT2D eigenvalue weighted by molar-refractivity contribution is -0.122. The molecule has 0 spiro atoms. The highest BCUT2D eigenvalue weighted by molar-refractivity contribution is 5.77. The van der Waals surface area contributed by atoms with E-state index >= 15 is 0 Å². The topological polar surface area (TPSA) is 87.5 Å². The van der Waals surface area contributed by atoms with Crippen LogP contribution in [-0.4, -0.2) is 43.4 Å². The third-order valence-corrected chi connectivity index (χ3v) is 2.73. The molecule has 0 aromatic rings. The van der Waals surface area contributed by atoms with Crippen molar-refractivity contribution in [2.24, 2.45) is 5.84 Å². The van der Waals surface area contributed by atoms with E-state index in [1.165, 1.54) is 0 Å². The van der Waals surface area contributed by atoms with Gasteiger partial charge in [0.05, 0.1) is 6.54 Å². The van der Waals surface area contributed by atoms with E-state index in [1.54, 1.807) is 7.05 Å². The highest BCUT2D eigenvalue weighted by Gasteiger charge is 2.08. The lowest BCUT2D eigenvalue weighted by atomic mass is 10.2. The number of nitrogens with zero attached hydrogens (tertiary/aromatic N) is 1. The van der Waals surface area contributed by atoms with E-state index in [2.05, 4.69) is 22.6 Å². The van der Waals surface area contributed by atoms with Gasteiger partial charge in [0.2, 0.25) is 11.8 Å². The second-order valence-electron chi connectivity index (χ2n) is 4.33. The van der Waals surface area contributed by atoms with Crippen molar-refractivity contribution in [3.63, 3.8) is 0 Å². The molecule has 0 atom stereocenters. The van der Waals surface area contributed by atoms with Gasteiger partial charge < -0.3 is 5.32 Å². The van der Waals surface area contributed by atoms with Crippen LogP contribution in [0.3, 0.4) is 0 Å². The zero-order valence-corrected chi connectivity index (χ0v) is 11.5. The van der Waals surface area contributed by atoms with Gasteiger partial charge >= 0.3 is 0 Å². The Kier molecular flexibility index (Phi) is 10.3.